The average molecular weight is 337 g/mol. The van der Waals surface area contributed by atoms with Crippen molar-refractivity contribution in [1.29, 1.82) is 0 Å². The zero-order valence-electron chi connectivity index (χ0n) is 13.5. The number of carbonyl (C=O) groups is 1. The van der Waals surface area contributed by atoms with Gasteiger partial charge >= 0.3 is 0 Å². The molecule has 0 radical (unpaired) electrons. The van der Waals surface area contributed by atoms with Gasteiger partial charge in [0, 0.05) is 35.7 Å². The zero-order chi connectivity index (χ0) is 17.0. The van der Waals surface area contributed by atoms with Crippen LogP contribution in [0.3, 0.4) is 0 Å². The molecule has 0 saturated carbocycles. The summed E-state index contributed by atoms with van der Waals surface area (Å²) in [5.41, 5.74) is 6.09. The Morgan fingerprint density at radius 3 is 2.57 bits per heavy atom. The first-order valence-electron chi connectivity index (χ1n) is 7.87. The van der Waals surface area contributed by atoms with Crippen LogP contribution in [0.4, 0.5) is 5.69 Å². The van der Waals surface area contributed by atoms with Gasteiger partial charge in [-0.15, -0.1) is 11.8 Å². The van der Waals surface area contributed by atoms with Crippen LogP contribution in [0.15, 0.2) is 29.2 Å². The first-order chi connectivity index (χ1) is 10.9. The Hall–Kier alpha value is -1.60. The number of nitrogens with zero attached hydrogens (tertiary/aromatic N) is 2. The van der Waals surface area contributed by atoms with Gasteiger partial charge < -0.3 is 10.6 Å². The highest BCUT2D eigenvalue weighted by molar-refractivity contribution is 8.00. The molecule has 1 aliphatic rings. The predicted molar refractivity (Wildman–Crippen MR) is 91.4 cm³/mol. The van der Waals surface area contributed by atoms with Crippen LogP contribution in [0, 0.1) is 10.1 Å². The highest BCUT2D eigenvalue weighted by atomic mass is 32.2. The lowest BCUT2D eigenvalue weighted by Gasteiger charge is -2.39. The summed E-state index contributed by atoms with van der Waals surface area (Å²) in [5.74, 6) is 0.0929. The molecular formula is C16H23N3O3S. The maximum absolute atomic E-state index is 12.7. The van der Waals surface area contributed by atoms with Crippen molar-refractivity contribution in [3.63, 3.8) is 0 Å². The predicted octanol–water partition coefficient (Wildman–Crippen LogP) is 2.80. The fourth-order valence-corrected chi connectivity index (χ4v) is 3.85. The number of nitro benzene ring substituents is 1. The smallest absolute Gasteiger partial charge is 0.269 e. The maximum atomic E-state index is 12.7. The van der Waals surface area contributed by atoms with E-state index in [-0.39, 0.29) is 28.9 Å². The van der Waals surface area contributed by atoms with Crippen LogP contribution in [0.1, 0.15) is 33.1 Å². The Balaban J connectivity index is 2.02. The van der Waals surface area contributed by atoms with Crippen molar-refractivity contribution in [1.82, 2.24) is 4.90 Å². The number of non-ortho nitro benzene ring substituents is 1. The highest BCUT2D eigenvalue weighted by Crippen LogP contribution is 2.28. The van der Waals surface area contributed by atoms with Crippen molar-refractivity contribution in [2.45, 2.75) is 55.3 Å². The molecule has 1 amide bonds. The lowest BCUT2D eigenvalue weighted by molar-refractivity contribution is -0.384. The van der Waals surface area contributed by atoms with Crippen LogP contribution in [0.25, 0.3) is 0 Å². The summed E-state index contributed by atoms with van der Waals surface area (Å²) >= 11 is 1.42. The summed E-state index contributed by atoms with van der Waals surface area (Å²) in [6.07, 6.45) is 3.09. The summed E-state index contributed by atoms with van der Waals surface area (Å²) in [4.78, 5) is 25.7. The molecular weight excluding hydrogens is 314 g/mol. The molecule has 1 fully saturated rings. The molecule has 2 rings (SSSR count). The van der Waals surface area contributed by atoms with E-state index < -0.39 is 4.92 Å². The maximum Gasteiger partial charge on any atom is 0.269 e. The van der Waals surface area contributed by atoms with Crippen LogP contribution < -0.4 is 5.73 Å². The first-order valence-corrected chi connectivity index (χ1v) is 8.75. The Bertz CT molecular complexity index is 562. The number of hydrogen-bond donors (Lipinski definition) is 1. The van der Waals surface area contributed by atoms with Crippen LogP contribution >= 0.6 is 11.8 Å². The van der Waals surface area contributed by atoms with Gasteiger partial charge in [-0.2, -0.15) is 0 Å². The molecule has 23 heavy (non-hydrogen) atoms. The molecule has 0 spiro atoms. The van der Waals surface area contributed by atoms with Crippen LogP contribution in [0.5, 0.6) is 0 Å². The van der Waals surface area contributed by atoms with Gasteiger partial charge in [0.05, 0.1) is 10.2 Å². The van der Waals surface area contributed by atoms with Gasteiger partial charge in [-0.05, 0) is 45.2 Å². The number of nitro groups is 1. The average Bonchev–Trinajstić information content (AvgIpc) is 2.54. The standard InChI is InChI=1S/C16H23N3O3S/c1-11(17)15-5-3-4-10-18(15)16(20)12(2)23-14-8-6-13(7-9-14)19(21)22/h6-9,11-12,15H,3-5,10,17H2,1-2H3. The first kappa shape index (κ1) is 17.7. The number of piperidine rings is 1. The Kier molecular flexibility index (Phi) is 6.01. The molecule has 1 saturated heterocycles. The Labute approximate surface area is 140 Å². The third kappa shape index (κ3) is 4.45. The molecule has 7 heteroatoms. The summed E-state index contributed by atoms with van der Waals surface area (Å²) in [6.45, 7) is 4.59. The third-order valence-electron chi connectivity index (χ3n) is 4.15. The van der Waals surface area contributed by atoms with Gasteiger partial charge in [0.1, 0.15) is 0 Å². The van der Waals surface area contributed by atoms with E-state index >= 15 is 0 Å². The molecule has 3 unspecified atom stereocenters. The number of thioether (sulfide) groups is 1. The Morgan fingerprint density at radius 1 is 1.35 bits per heavy atom. The second-order valence-corrected chi connectivity index (χ2v) is 7.38. The second-order valence-electron chi connectivity index (χ2n) is 5.96. The number of benzene rings is 1. The molecule has 1 heterocycles. The fourth-order valence-electron chi connectivity index (χ4n) is 2.91. The van der Waals surface area contributed by atoms with E-state index in [2.05, 4.69) is 0 Å². The molecule has 0 aliphatic carbocycles. The van der Waals surface area contributed by atoms with Gasteiger partial charge in [0.2, 0.25) is 5.91 Å². The zero-order valence-corrected chi connectivity index (χ0v) is 14.3. The topological polar surface area (TPSA) is 89.5 Å². The number of nitrogens with two attached hydrogens (primary N) is 1. The number of likely N-dealkylation sites (tertiary alicyclic amines) is 1. The quantitative estimate of drug-likeness (QED) is 0.507. The lowest BCUT2D eigenvalue weighted by atomic mass is 9.96. The van der Waals surface area contributed by atoms with Gasteiger partial charge in [0.15, 0.2) is 0 Å². The molecule has 1 aliphatic heterocycles. The van der Waals surface area contributed by atoms with Gasteiger partial charge in [-0.3, -0.25) is 14.9 Å². The molecule has 0 bridgehead atoms. The molecule has 3 atom stereocenters. The van der Waals surface area contributed by atoms with Crippen LogP contribution in [0.2, 0.25) is 0 Å². The van der Waals surface area contributed by atoms with Crippen molar-refractivity contribution in [3.8, 4) is 0 Å². The SMILES string of the molecule is CC(Sc1ccc([N+](=O)[O-])cc1)C(=O)N1CCCCC1C(C)N. The van der Waals surface area contributed by atoms with Crippen molar-refractivity contribution in [2.75, 3.05) is 6.54 Å². The Morgan fingerprint density at radius 2 is 2.00 bits per heavy atom. The van der Waals surface area contributed by atoms with Crippen molar-refractivity contribution in [3.05, 3.63) is 34.4 Å². The van der Waals surface area contributed by atoms with E-state index in [1.54, 1.807) is 12.1 Å². The molecule has 2 N–H and O–H groups in total. The largest absolute Gasteiger partial charge is 0.337 e. The van der Waals surface area contributed by atoms with E-state index in [1.807, 2.05) is 18.7 Å². The molecule has 126 valence electrons. The van der Waals surface area contributed by atoms with E-state index in [0.717, 1.165) is 30.7 Å². The monoisotopic (exact) mass is 337 g/mol. The van der Waals surface area contributed by atoms with Crippen molar-refractivity contribution in [2.24, 2.45) is 5.73 Å². The highest BCUT2D eigenvalue weighted by Gasteiger charge is 2.31. The minimum Gasteiger partial charge on any atom is -0.337 e. The molecule has 0 aromatic heterocycles. The van der Waals surface area contributed by atoms with E-state index in [1.165, 1.54) is 23.9 Å². The van der Waals surface area contributed by atoms with E-state index in [9.17, 15) is 14.9 Å². The van der Waals surface area contributed by atoms with Crippen molar-refractivity contribution < 1.29 is 9.72 Å². The number of rotatable bonds is 5. The summed E-state index contributed by atoms with van der Waals surface area (Å²) in [7, 11) is 0. The van der Waals surface area contributed by atoms with Gasteiger partial charge in [-0.1, -0.05) is 0 Å². The van der Waals surface area contributed by atoms with Gasteiger partial charge in [0.25, 0.3) is 5.69 Å². The summed E-state index contributed by atoms with van der Waals surface area (Å²) in [5, 5.41) is 10.4. The fraction of sp³-hybridized carbons (Fsp3) is 0.562. The lowest BCUT2D eigenvalue weighted by Crippen LogP contribution is -2.53. The second kappa shape index (κ2) is 7.79. The van der Waals surface area contributed by atoms with Gasteiger partial charge in [-0.25, -0.2) is 0 Å². The summed E-state index contributed by atoms with van der Waals surface area (Å²) in [6, 6.07) is 6.38. The molecule has 1 aromatic rings. The molecule has 1 aromatic carbocycles. The number of amides is 1. The number of hydrogen-bond acceptors (Lipinski definition) is 5. The van der Waals surface area contributed by atoms with Crippen LogP contribution in [-0.4, -0.2) is 39.6 Å². The third-order valence-corrected chi connectivity index (χ3v) is 5.25. The van der Waals surface area contributed by atoms with E-state index in [0.29, 0.717) is 0 Å². The van der Waals surface area contributed by atoms with Crippen molar-refractivity contribution >= 4 is 23.4 Å². The normalized spacial score (nSPS) is 20.8. The summed E-state index contributed by atoms with van der Waals surface area (Å²) < 4.78 is 0. The minimum atomic E-state index is -0.427. The number of carbonyl (C=O) groups excluding carboxylic acids is 1. The van der Waals surface area contributed by atoms with E-state index in [4.69, 9.17) is 5.73 Å². The minimum absolute atomic E-state index is 0.0316. The van der Waals surface area contributed by atoms with Crippen LogP contribution in [-0.2, 0) is 4.79 Å². The molecule has 6 nitrogen and oxygen atoms in total.